The van der Waals surface area contributed by atoms with Crippen molar-refractivity contribution >= 4 is 5.78 Å². The molecule has 1 aliphatic heterocycles. The molecule has 19 heavy (non-hydrogen) atoms. The maximum atomic E-state index is 13.1. The number of carbonyl (C=O) groups excluding carboxylic acids is 1. The van der Waals surface area contributed by atoms with Crippen LogP contribution in [0.3, 0.4) is 0 Å². The third kappa shape index (κ3) is 3.00. The molecule has 6 heteroatoms. The van der Waals surface area contributed by atoms with Gasteiger partial charge in [0.05, 0.1) is 12.0 Å². The van der Waals surface area contributed by atoms with Crippen LogP contribution in [-0.4, -0.2) is 27.3 Å². The number of hydrogen-bond donors (Lipinski definition) is 1. The van der Waals surface area contributed by atoms with Crippen molar-refractivity contribution in [2.75, 3.05) is 0 Å². The Morgan fingerprint density at radius 2 is 2.37 bits per heavy atom. The van der Waals surface area contributed by atoms with Gasteiger partial charge in [-0.1, -0.05) is 6.92 Å². The highest BCUT2D eigenvalue weighted by Crippen LogP contribution is 2.27. The summed E-state index contributed by atoms with van der Waals surface area (Å²) in [7, 11) is 0. The van der Waals surface area contributed by atoms with Gasteiger partial charge in [0.25, 0.3) is 0 Å². The lowest BCUT2D eigenvalue weighted by molar-refractivity contribution is -0.0329. The van der Waals surface area contributed by atoms with Crippen LogP contribution in [0.2, 0.25) is 0 Å². The molecule has 2 rings (SSSR count). The fourth-order valence-corrected chi connectivity index (χ4v) is 2.17. The van der Waals surface area contributed by atoms with E-state index in [-0.39, 0.29) is 12.2 Å². The molecule has 2 atom stereocenters. The monoisotopic (exact) mass is 271 g/mol. The van der Waals surface area contributed by atoms with E-state index in [1.807, 2.05) is 11.5 Å². The van der Waals surface area contributed by atoms with E-state index in [2.05, 4.69) is 10.3 Å². The summed E-state index contributed by atoms with van der Waals surface area (Å²) in [4.78, 5) is 16.2. The zero-order chi connectivity index (χ0) is 14.2. The number of halogens is 2. The van der Waals surface area contributed by atoms with Crippen LogP contribution in [0.4, 0.5) is 8.78 Å². The third-order valence-corrected chi connectivity index (χ3v) is 3.66. The molecule has 0 amide bonds. The maximum Gasteiger partial charge on any atom is 0.248 e. The van der Waals surface area contributed by atoms with E-state index >= 15 is 0 Å². The van der Waals surface area contributed by atoms with E-state index in [4.69, 9.17) is 0 Å². The third-order valence-electron chi connectivity index (χ3n) is 3.66. The molecule has 0 saturated heterocycles. The molecule has 1 aromatic heterocycles. The van der Waals surface area contributed by atoms with E-state index in [9.17, 15) is 13.6 Å². The van der Waals surface area contributed by atoms with Gasteiger partial charge >= 0.3 is 0 Å². The first-order valence-corrected chi connectivity index (χ1v) is 6.47. The molecule has 4 nitrogen and oxygen atoms in total. The Labute approximate surface area is 111 Å². The van der Waals surface area contributed by atoms with Crippen molar-refractivity contribution in [1.29, 1.82) is 0 Å². The number of nitrogens with one attached hydrogen (secondary N) is 1. The lowest BCUT2D eigenvalue weighted by Gasteiger charge is -2.23. The second kappa shape index (κ2) is 5.00. The van der Waals surface area contributed by atoms with Crippen LogP contribution in [0, 0.1) is 5.92 Å². The SMILES string of the molecule is C[C@H]1Cn2cnc(C(=O)C[C@H](C)C(C)(F)F)c2CN1. The highest BCUT2D eigenvalue weighted by molar-refractivity contribution is 5.95. The summed E-state index contributed by atoms with van der Waals surface area (Å²) in [5.74, 6) is -4.13. The average Bonchev–Trinajstić information content (AvgIpc) is 2.70. The van der Waals surface area contributed by atoms with Gasteiger partial charge in [-0.25, -0.2) is 13.8 Å². The molecule has 0 unspecified atom stereocenters. The summed E-state index contributed by atoms with van der Waals surface area (Å²) >= 11 is 0. The standard InChI is InChI=1S/C13H19F2N3O/c1-8(13(3,14)15)4-11(19)12-10-5-16-9(2)6-18(10)7-17-12/h7-9,16H,4-6H2,1-3H3/t8-,9-/m0/s1. The zero-order valence-corrected chi connectivity index (χ0v) is 11.4. The molecular formula is C13H19F2N3O. The van der Waals surface area contributed by atoms with E-state index in [1.54, 1.807) is 6.33 Å². The first kappa shape index (κ1) is 14.1. The quantitative estimate of drug-likeness (QED) is 0.854. The van der Waals surface area contributed by atoms with Gasteiger partial charge in [0.2, 0.25) is 5.92 Å². The zero-order valence-electron chi connectivity index (χ0n) is 11.4. The maximum absolute atomic E-state index is 13.1. The van der Waals surface area contributed by atoms with Crippen LogP contribution < -0.4 is 5.32 Å². The number of fused-ring (bicyclic) bond motifs is 1. The molecule has 0 bridgehead atoms. The Morgan fingerprint density at radius 3 is 3.00 bits per heavy atom. The average molecular weight is 271 g/mol. The molecular weight excluding hydrogens is 252 g/mol. The van der Waals surface area contributed by atoms with Gasteiger partial charge in [-0.2, -0.15) is 0 Å². The van der Waals surface area contributed by atoms with Gasteiger partial charge in [-0.05, 0) is 13.8 Å². The van der Waals surface area contributed by atoms with Crippen LogP contribution >= 0.6 is 0 Å². The minimum absolute atomic E-state index is 0.178. The van der Waals surface area contributed by atoms with Gasteiger partial charge in [-0.15, -0.1) is 0 Å². The van der Waals surface area contributed by atoms with Crippen LogP contribution in [0.1, 0.15) is 43.4 Å². The fourth-order valence-electron chi connectivity index (χ4n) is 2.17. The molecule has 0 aromatic carbocycles. The van der Waals surface area contributed by atoms with Crippen molar-refractivity contribution in [3.8, 4) is 0 Å². The summed E-state index contributed by atoms with van der Waals surface area (Å²) in [6, 6.07) is 0.323. The Kier molecular flexibility index (Phi) is 3.71. The molecule has 2 heterocycles. The van der Waals surface area contributed by atoms with Gasteiger partial charge in [0, 0.05) is 31.5 Å². The van der Waals surface area contributed by atoms with Crippen molar-refractivity contribution in [1.82, 2.24) is 14.9 Å². The molecule has 0 fully saturated rings. The van der Waals surface area contributed by atoms with Crippen molar-refractivity contribution in [3.05, 3.63) is 17.7 Å². The number of aromatic nitrogens is 2. The van der Waals surface area contributed by atoms with Gasteiger partial charge in [0.15, 0.2) is 5.78 Å². The molecule has 0 radical (unpaired) electrons. The predicted molar refractivity (Wildman–Crippen MR) is 67.3 cm³/mol. The van der Waals surface area contributed by atoms with E-state index in [0.717, 1.165) is 19.2 Å². The van der Waals surface area contributed by atoms with Crippen molar-refractivity contribution in [2.24, 2.45) is 5.92 Å². The number of nitrogens with zero attached hydrogens (tertiary/aromatic N) is 2. The summed E-state index contributed by atoms with van der Waals surface area (Å²) in [6.07, 6.45) is 1.44. The Balaban J connectivity index is 2.13. The fraction of sp³-hybridized carbons (Fsp3) is 0.692. The molecule has 0 spiro atoms. The summed E-state index contributed by atoms with van der Waals surface area (Å²) in [5, 5.41) is 3.24. The molecule has 0 aliphatic carbocycles. The second-order valence-corrected chi connectivity index (χ2v) is 5.46. The highest BCUT2D eigenvalue weighted by Gasteiger charge is 2.33. The normalized spacial score (nSPS) is 21.0. The van der Waals surface area contributed by atoms with E-state index in [0.29, 0.717) is 18.3 Å². The van der Waals surface area contributed by atoms with Crippen molar-refractivity contribution in [3.63, 3.8) is 0 Å². The molecule has 0 saturated carbocycles. The number of rotatable bonds is 4. The van der Waals surface area contributed by atoms with Crippen LogP contribution in [0.15, 0.2) is 6.33 Å². The minimum Gasteiger partial charge on any atom is -0.331 e. The number of imidazole rings is 1. The number of alkyl halides is 2. The molecule has 1 N–H and O–H groups in total. The van der Waals surface area contributed by atoms with E-state index in [1.165, 1.54) is 6.92 Å². The second-order valence-electron chi connectivity index (χ2n) is 5.46. The Morgan fingerprint density at radius 1 is 1.68 bits per heavy atom. The topological polar surface area (TPSA) is 46.9 Å². The Hall–Kier alpha value is -1.30. The predicted octanol–water partition coefficient (Wildman–Crippen LogP) is 2.24. The number of carbonyl (C=O) groups is 1. The summed E-state index contributed by atoms with van der Waals surface area (Å²) < 4.78 is 28.2. The highest BCUT2D eigenvalue weighted by atomic mass is 19.3. The van der Waals surface area contributed by atoms with Crippen molar-refractivity contribution in [2.45, 2.75) is 52.2 Å². The van der Waals surface area contributed by atoms with Crippen LogP contribution in [0.25, 0.3) is 0 Å². The number of Topliss-reactive ketones (excluding diaryl/α,β-unsaturated/α-hetero) is 1. The number of ketones is 1. The number of hydrogen-bond acceptors (Lipinski definition) is 3. The van der Waals surface area contributed by atoms with Crippen LogP contribution in [0.5, 0.6) is 0 Å². The Bertz CT molecular complexity index is 479. The molecule has 1 aliphatic rings. The van der Waals surface area contributed by atoms with Gasteiger partial charge in [0.1, 0.15) is 5.69 Å². The van der Waals surface area contributed by atoms with Gasteiger partial charge < -0.3 is 9.88 Å². The van der Waals surface area contributed by atoms with Crippen LogP contribution in [-0.2, 0) is 13.1 Å². The molecule has 106 valence electrons. The lowest BCUT2D eigenvalue weighted by Crippen LogP contribution is -2.36. The molecule has 1 aromatic rings. The summed E-state index contributed by atoms with van der Waals surface area (Å²) in [5.41, 5.74) is 1.13. The first-order valence-electron chi connectivity index (χ1n) is 6.47. The largest absolute Gasteiger partial charge is 0.331 e. The van der Waals surface area contributed by atoms with Gasteiger partial charge in [-0.3, -0.25) is 4.79 Å². The van der Waals surface area contributed by atoms with E-state index < -0.39 is 11.8 Å². The lowest BCUT2D eigenvalue weighted by atomic mass is 9.96. The minimum atomic E-state index is -2.85. The van der Waals surface area contributed by atoms with Crippen molar-refractivity contribution < 1.29 is 13.6 Å². The smallest absolute Gasteiger partial charge is 0.248 e. The summed E-state index contributed by atoms with van der Waals surface area (Å²) in [6.45, 7) is 5.58. The first-order chi connectivity index (χ1) is 8.79.